The van der Waals surface area contributed by atoms with E-state index in [2.05, 4.69) is 5.10 Å². The summed E-state index contributed by atoms with van der Waals surface area (Å²) in [6.45, 7) is 3.11. The van der Waals surface area contributed by atoms with E-state index in [0.29, 0.717) is 11.3 Å². The zero-order valence-electron chi connectivity index (χ0n) is 14.1. The highest BCUT2D eigenvalue weighted by Gasteiger charge is 2.20. The van der Waals surface area contributed by atoms with Crippen LogP contribution in [0.2, 0.25) is 0 Å². The molecule has 0 saturated heterocycles. The second kappa shape index (κ2) is 7.13. The molecule has 0 aliphatic carbocycles. The van der Waals surface area contributed by atoms with Crippen LogP contribution in [0.1, 0.15) is 22.8 Å². The van der Waals surface area contributed by atoms with Crippen LogP contribution < -0.4 is 0 Å². The van der Waals surface area contributed by atoms with E-state index in [4.69, 9.17) is 4.74 Å². The van der Waals surface area contributed by atoms with Gasteiger partial charge in [-0.3, -0.25) is 4.79 Å². The smallest absolute Gasteiger partial charge is 0.342 e. The summed E-state index contributed by atoms with van der Waals surface area (Å²) >= 11 is 0. The number of hydrogen-bond donors (Lipinski definition) is 0. The van der Waals surface area contributed by atoms with Crippen molar-refractivity contribution in [1.29, 1.82) is 0 Å². The Morgan fingerprint density at radius 1 is 1.08 bits per heavy atom. The minimum absolute atomic E-state index is 0.207. The van der Waals surface area contributed by atoms with Gasteiger partial charge in [-0.15, -0.1) is 0 Å². The molecule has 3 rings (SSSR count). The Bertz CT molecular complexity index is 914. The molecule has 0 aliphatic rings. The third-order valence-electron chi connectivity index (χ3n) is 3.65. The summed E-state index contributed by atoms with van der Waals surface area (Å²) in [6, 6.07) is 17.3. The van der Waals surface area contributed by atoms with Crippen LogP contribution in [0.4, 0.5) is 0 Å². The molecule has 1 heterocycles. The lowest BCUT2D eigenvalue weighted by Crippen LogP contribution is -2.11. The zero-order valence-corrected chi connectivity index (χ0v) is 14.1. The highest BCUT2D eigenvalue weighted by molar-refractivity contribution is 5.97. The van der Waals surface area contributed by atoms with Crippen molar-refractivity contribution in [2.24, 2.45) is 0 Å². The Balaban J connectivity index is 2.06. The van der Waals surface area contributed by atoms with Crippen molar-refractivity contribution in [2.75, 3.05) is 6.61 Å². The van der Waals surface area contributed by atoms with E-state index in [-0.39, 0.29) is 12.4 Å². The number of carbonyl (C=O) groups excluding carboxylic acids is 2. The summed E-state index contributed by atoms with van der Waals surface area (Å²) < 4.78 is 6.73. The van der Waals surface area contributed by atoms with Gasteiger partial charge >= 0.3 is 5.97 Å². The zero-order chi connectivity index (χ0) is 17.8. The van der Waals surface area contributed by atoms with E-state index in [1.807, 2.05) is 61.5 Å². The van der Waals surface area contributed by atoms with Crippen molar-refractivity contribution < 1.29 is 14.3 Å². The van der Waals surface area contributed by atoms with Crippen LogP contribution in [-0.2, 0) is 9.53 Å². The number of esters is 1. The lowest BCUT2D eigenvalue weighted by Gasteiger charge is -2.04. The number of rotatable bonds is 5. The van der Waals surface area contributed by atoms with Gasteiger partial charge in [-0.2, -0.15) is 5.10 Å². The molecule has 0 radical (unpaired) electrons. The van der Waals surface area contributed by atoms with Gasteiger partial charge in [-0.25, -0.2) is 9.48 Å². The van der Waals surface area contributed by atoms with Crippen LogP contribution in [-0.4, -0.2) is 28.1 Å². The van der Waals surface area contributed by atoms with Gasteiger partial charge in [-0.1, -0.05) is 42.0 Å². The molecule has 2 aromatic carbocycles. The number of ketones is 1. The van der Waals surface area contributed by atoms with Gasteiger partial charge in [0, 0.05) is 11.8 Å². The summed E-state index contributed by atoms with van der Waals surface area (Å²) in [5.74, 6) is -0.769. The molecule has 0 spiro atoms. The first kappa shape index (κ1) is 16.6. The normalized spacial score (nSPS) is 10.5. The minimum atomic E-state index is -0.561. The number of aryl methyl sites for hydroxylation is 1. The number of aromatic nitrogens is 2. The number of Topliss-reactive ketones (excluding diaryl/α,β-unsaturated/α-hetero) is 1. The maximum absolute atomic E-state index is 12.4. The number of ether oxygens (including phenoxy) is 1. The fraction of sp³-hybridized carbons (Fsp3) is 0.150. The Kier molecular flexibility index (Phi) is 4.75. The van der Waals surface area contributed by atoms with E-state index in [1.54, 1.807) is 10.9 Å². The molecule has 25 heavy (non-hydrogen) atoms. The molecule has 1 aromatic heterocycles. The first-order valence-electron chi connectivity index (χ1n) is 7.93. The van der Waals surface area contributed by atoms with Crippen molar-refractivity contribution in [3.8, 4) is 16.9 Å². The summed E-state index contributed by atoms with van der Waals surface area (Å²) in [7, 11) is 0. The van der Waals surface area contributed by atoms with E-state index in [1.165, 1.54) is 6.92 Å². The quantitative estimate of drug-likeness (QED) is 0.669. The van der Waals surface area contributed by atoms with Gasteiger partial charge in [0.25, 0.3) is 0 Å². The predicted molar refractivity (Wildman–Crippen MR) is 94.7 cm³/mol. The predicted octanol–water partition coefficient (Wildman–Crippen LogP) is 3.59. The number of hydrogen-bond acceptors (Lipinski definition) is 4. The maximum Gasteiger partial charge on any atom is 0.342 e. The van der Waals surface area contributed by atoms with E-state index >= 15 is 0 Å². The second-order valence-corrected chi connectivity index (χ2v) is 5.82. The highest BCUT2D eigenvalue weighted by atomic mass is 16.5. The van der Waals surface area contributed by atoms with Crippen molar-refractivity contribution in [3.63, 3.8) is 0 Å². The number of carbonyl (C=O) groups is 2. The van der Waals surface area contributed by atoms with Gasteiger partial charge in [0.15, 0.2) is 5.78 Å². The summed E-state index contributed by atoms with van der Waals surface area (Å²) in [6.07, 6.45) is 1.63. The molecule has 3 aromatic rings. The Labute approximate surface area is 145 Å². The van der Waals surface area contributed by atoms with Crippen LogP contribution in [0.3, 0.4) is 0 Å². The second-order valence-electron chi connectivity index (χ2n) is 5.82. The topological polar surface area (TPSA) is 61.2 Å². The van der Waals surface area contributed by atoms with Gasteiger partial charge in [0.2, 0.25) is 0 Å². The molecule has 5 nitrogen and oxygen atoms in total. The molecule has 0 saturated carbocycles. The molecule has 126 valence electrons. The van der Waals surface area contributed by atoms with Crippen LogP contribution in [0.5, 0.6) is 0 Å². The van der Waals surface area contributed by atoms with Crippen LogP contribution in [0.15, 0.2) is 60.8 Å². The van der Waals surface area contributed by atoms with E-state index in [9.17, 15) is 9.59 Å². The molecule has 0 aliphatic heterocycles. The fourth-order valence-corrected chi connectivity index (χ4v) is 2.49. The standard InChI is InChI=1S/C20H18N2O3/c1-14-7-6-8-16(11-14)19-18(20(24)25-13-15(2)23)12-22(21-19)17-9-4-3-5-10-17/h3-12H,13H2,1-2H3. The number of para-hydroxylation sites is 1. The van der Waals surface area contributed by atoms with Gasteiger partial charge in [-0.05, 0) is 32.0 Å². The molecule has 0 bridgehead atoms. The molecular formula is C20H18N2O3. The molecule has 0 atom stereocenters. The Morgan fingerprint density at radius 3 is 2.52 bits per heavy atom. The third-order valence-corrected chi connectivity index (χ3v) is 3.65. The summed E-state index contributed by atoms with van der Waals surface area (Å²) in [4.78, 5) is 23.6. The van der Waals surface area contributed by atoms with Crippen molar-refractivity contribution in [3.05, 3.63) is 71.9 Å². The third kappa shape index (κ3) is 3.83. The van der Waals surface area contributed by atoms with Crippen LogP contribution in [0.25, 0.3) is 16.9 Å². The largest absolute Gasteiger partial charge is 0.454 e. The SMILES string of the molecule is CC(=O)COC(=O)c1cn(-c2ccccc2)nc1-c1cccc(C)c1. The Morgan fingerprint density at radius 2 is 1.84 bits per heavy atom. The first-order valence-corrected chi connectivity index (χ1v) is 7.93. The van der Waals surface area contributed by atoms with Gasteiger partial charge < -0.3 is 4.74 Å². The minimum Gasteiger partial charge on any atom is -0.454 e. The average Bonchev–Trinajstić information content (AvgIpc) is 3.06. The van der Waals surface area contributed by atoms with Crippen molar-refractivity contribution >= 4 is 11.8 Å². The monoisotopic (exact) mass is 334 g/mol. The van der Waals surface area contributed by atoms with Gasteiger partial charge in [0.1, 0.15) is 17.9 Å². The lowest BCUT2D eigenvalue weighted by atomic mass is 10.1. The van der Waals surface area contributed by atoms with Gasteiger partial charge in [0.05, 0.1) is 5.69 Å². The molecule has 0 unspecified atom stereocenters. The van der Waals surface area contributed by atoms with E-state index < -0.39 is 5.97 Å². The lowest BCUT2D eigenvalue weighted by molar-refractivity contribution is -0.120. The maximum atomic E-state index is 12.4. The molecule has 5 heteroatoms. The van der Waals surface area contributed by atoms with Crippen LogP contribution in [0, 0.1) is 6.92 Å². The van der Waals surface area contributed by atoms with Crippen molar-refractivity contribution in [2.45, 2.75) is 13.8 Å². The number of nitrogens with zero attached hydrogens (tertiary/aromatic N) is 2. The molecular weight excluding hydrogens is 316 g/mol. The fourth-order valence-electron chi connectivity index (χ4n) is 2.49. The molecule has 0 N–H and O–H groups in total. The Hall–Kier alpha value is -3.21. The van der Waals surface area contributed by atoms with Crippen molar-refractivity contribution in [1.82, 2.24) is 9.78 Å². The van der Waals surface area contributed by atoms with E-state index in [0.717, 1.165) is 16.8 Å². The average molecular weight is 334 g/mol. The highest BCUT2D eigenvalue weighted by Crippen LogP contribution is 2.25. The molecule has 0 fully saturated rings. The molecule has 0 amide bonds. The van der Waals surface area contributed by atoms with Crippen LogP contribution >= 0.6 is 0 Å². The summed E-state index contributed by atoms with van der Waals surface area (Å²) in [5, 5.41) is 4.57. The number of benzene rings is 2. The first-order chi connectivity index (χ1) is 12.0. The summed E-state index contributed by atoms with van der Waals surface area (Å²) in [5.41, 5.74) is 3.58.